The van der Waals surface area contributed by atoms with E-state index in [-0.39, 0.29) is 0 Å². The fourth-order valence-electron chi connectivity index (χ4n) is 0.580. The minimum atomic E-state index is 0.679. The molecule has 0 aliphatic rings. The van der Waals surface area contributed by atoms with E-state index in [9.17, 15) is 0 Å². The molecule has 3 nitrogen and oxygen atoms in total. The summed E-state index contributed by atoms with van der Waals surface area (Å²) in [5.74, 6) is 0.679. The van der Waals surface area contributed by atoms with Crippen LogP contribution in [0.1, 0.15) is 0 Å². The van der Waals surface area contributed by atoms with Gasteiger partial charge in [0, 0.05) is 12.0 Å². The number of nitrogens with one attached hydrogen (secondary N) is 1. The summed E-state index contributed by atoms with van der Waals surface area (Å²) in [5.41, 5.74) is 0. The van der Waals surface area contributed by atoms with Gasteiger partial charge in [0.2, 0.25) is 0 Å². The molecule has 1 rings (SSSR count). The lowest BCUT2D eigenvalue weighted by Crippen LogP contribution is -2.05. The minimum absolute atomic E-state index is 0.679. The second-order valence-electron chi connectivity index (χ2n) is 1.68. The maximum atomic E-state index is 8.56. The number of rotatable bonds is 2. The fourth-order valence-corrected chi connectivity index (χ4v) is 0.821. The highest BCUT2D eigenvalue weighted by Gasteiger charge is 1.99. The Balaban J connectivity index is 2.80. The molecule has 4 heteroatoms. The third kappa shape index (κ3) is 1.62. The molecule has 0 spiro atoms. The fraction of sp³-hybridized carbons (Fsp3) is 0.167. The minimum Gasteiger partial charge on any atom is -0.448 e. The van der Waals surface area contributed by atoms with E-state index in [1.807, 2.05) is 0 Å². The molecule has 0 radical (unpaired) electrons. The monoisotopic (exact) mass is 158 g/mol. The highest BCUT2D eigenvalue weighted by atomic mass is 32.2. The molecule has 0 saturated heterocycles. The van der Waals surface area contributed by atoms with E-state index in [1.165, 1.54) is 0 Å². The van der Waals surface area contributed by atoms with E-state index in [0.29, 0.717) is 17.9 Å². The molecule has 2 N–H and O–H groups in total. The number of ether oxygens (including phenoxy) is 1. The molecule has 0 aromatic carbocycles. The molecule has 0 fully saturated rings. The summed E-state index contributed by atoms with van der Waals surface area (Å²) >= 11 is 0.701. The Kier molecular flexibility index (Phi) is 2.53. The number of methoxy groups -OCH3 is 1. The average Bonchev–Trinajstić information content (AvgIpc) is 2.05. The summed E-state index contributed by atoms with van der Waals surface area (Å²) < 4.78 is 13.4. The van der Waals surface area contributed by atoms with E-state index in [1.54, 1.807) is 25.4 Å². The standard InChI is InChI=1S/C6H7NO2S/c1-9-6-3-2-5(10-8)4-7-6/h2-4,8H,1H3/p+1. The van der Waals surface area contributed by atoms with E-state index in [2.05, 4.69) is 4.98 Å². The Morgan fingerprint density at radius 2 is 2.40 bits per heavy atom. The van der Waals surface area contributed by atoms with Crippen molar-refractivity contribution in [1.82, 2.24) is 0 Å². The Hall–Kier alpha value is -0.740. The molecule has 0 atom stereocenters. The molecule has 0 unspecified atom stereocenters. The predicted octanol–water partition coefficient (Wildman–Crippen LogP) is 1.07. The van der Waals surface area contributed by atoms with Crippen LogP contribution in [0.15, 0.2) is 23.2 Å². The quantitative estimate of drug-likeness (QED) is 0.655. The van der Waals surface area contributed by atoms with Crippen molar-refractivity contribution in [3.05, 3.63) is 18.3 Å². The summed E-state index contributed by atoms with van der Waals surface area (Å²) in [6, 6.07) is 3.51. The van der Waals surface area contributed by atoms with Gasteiger partial charge in [-0.15, -0.1) is 0 Å². The Labute approximate surface area is 63.3 Å². The number of hydrogen-bond acceptors (Lipinski definition) is 3. The molecular weight excluding hydrogens is 150 g/mol. The van der Waals surface area contributed by atoms with Crippen LogP contribution in [0.2, 0.25) is 0 Å². The van der Waals surface area contributed by atoms with Crippen LogP contribution in [0.5, 0.6) is 5.88 Å². The molecule has 0 amide bonds. The Morgan fingerprint density at radius 1 is 1.60 bits per heavy atom. The molecule has 0 saturated carbocycles. The van der Waals surface area contributed by atoms with Crippen molar-refractivity contribution in [2.75, 3.05) is 7.11 Å². The number of aromatic nitrogens is 1. The zero-order chi connectivity index (χ0) is 7.40. The van der Waals surface area contributed by atoms with Crippen LogP contribution in [0, 0.1) is 0 Å². The van der Waals surface area contributed by atoms with Gasteiger partial charge in [0.1, 0.15) is 0 Å². The lowest BCUT2D eigenvalue weighted by molar-refractivity contribution is -0.395. The molecule has 0 bridgehead atoms. The number of hydrogen-bond donors (Lipinski definition) is 1. The molecule has 54 valence electrons. The molecule has 1 heterocycles. The smallest absolute Gasteiger partial charge is 0.365 e. The van der Waals surface area contributed by atoms with Crippen LogP contribution in [-0.4, -0.2) is 11.7 Å². The Morgan fingerprint density at radius 3 is 2.80 bits per heavy atom. The van der Waals surface area contributed by atoms with Crippen molar-refractivity contribution in [3.8, 4) is 5.88 Å². The molecule has 0 aliphatic carbocycles. The van der Waals surface area contributed by atoms with E-state index in [0.717, 1.165) is 4.90 Å². The SMILES string of the molecule is COc1ccc(SO)c[nH+]1. The first-order valence-corrected chi connectivity index (χ1v) is 3.51. The zero-order valence-corrected chi connectivity index (χ0v) is 6.31. The normalized spacial score (nSPS) is 9.40. The maximum Gasteiger partial charge on any atom is 0.365 e. The second-order valence-corrected chi connectivity index (χ2v) is 2.34. The van der Waals surface area contributed by atoms with E-state index >= 15 is 0 Å². The first kappa shape index (κ1) is 7.37. The lowest BCUT2D eigenvalue weighted by atomic mass is 10.5. The highest BCUT2D eigenvalue weighted by molar-refractivity contribution is 7.93. The van der Waals surface area contributed by atoms with Crippen molar-refractivity contribution in [1.29, 1.82) is 0 Å². The summed E-state index contributed by atoms with van der Waals surface area (Å²) in [6.07, 6.45) is 1.67. The first-order valence-electron chi connectivity index (χ1n) is 2.74. The van der Waals surface area contributed by atoms with Crippen molar-refractivity contribution < 1.29 is 14.3 Å². The van der Waals surface area contributed by atoms with Gasteiger partial charge >= 0.3 is 5.88 Å². The van der Waals surface area contributed by atoms with Crippen molar-refractivity contribution in [2.45, 2.75) is 4.90 Å². The number of H-pyrrole nitrogens is 1. The van der Waals surface area contributed by atoms with Crippen LogP contribution < -0.4 is 9.72 Å². The van der Waals surface area contributed by atoms with Crippen LogP contribution in [0.4, 0.5) is 0 Å². The van der Waals surface area contributed by atoms with Gasteiger partial charge in [0.25, 0.3) is 0 Å². The van der Waals surface area contributed by atoms with Crippen LogP contribution in [-0.2, 0) is 0 Å². The summed E-state index contributed by atoms with van der Waals surface area (Å²) in [7, 11) is 1.58. The van der Waals surface area contributed by atoms with Gasteiger partial charge in [0.05, 0.1) is 18.1 Å². The maximum absolute atomic E-state index is 8.56. The van der Waals surface area contributed by atoms with Gasteiger partial charge in [-0.1, -0.05) is 0 Å². The van der Waals surface area contributed by atoms with Gasteiger partial charge in [-0.2, -0.15) is 4.98 Å². The third-order valence-electron chi connectivity index (χ3n) is 1.08. The summed E-state index contributed by atoms with van der Waals surface area (Å²) in [4.78, 5) is 3.60. The average molecular weight is 158 g/mol. The molecular formula is C6H8NO2S+. The van der Waals surface area contributed by atoms with Gasteiger partial charge in [-0.3, -0.25) is 0 Å². The van der Waals surface area contributed by atoms with Crippen molar-refractivity contribution >= 4 is 12.0 Å². The Bertz CT molecular complexity index is 176. The highest BCUT2D eigenvalue weighted by Crippen LogP contribution is 2.11. The lowest BCUT2D eigenvalue weighted by Gasteiger charge is -1.90. The van der Waals surface area contributed by atoms with Gasteiger partial charge in [-0.25, -0.2) is 0 Å². The zero-order valence-electron chi connectivity index (χ0n) is 5.50. The molecule has 1 aromatic heterocycles. The van der Waals surface area contributed by atoms with Gasteiger partial charge < -0.3 is 9.29 Å². The van der Waals surface area contributed by atoms with Gasteiger partial charge in [0.15, 0.2) is 6.20 Å². The number of pyridine rings is 1. The molecule has 0 aliphatic heterocycles. The predicted molar refractivity (Wildman–Crippen MR) is 38.0 cm³/mol. The van der Waals surface area contributed by atoms with Crippen LogP contribution in [0.25, 0.3) is 0 Å². The second kappa shape index (κ2) is 3.43. The third-order valence-corrected chi connectivity index (χ3v) is 1.55. The van der Waals surface area contributed by atoms with Crippen molar-refractivity contribution in [3.63, 3.8) is 0 Å². The van der Waals surface area contributed by atoms with E-state index < -0.39 is 0 Å². The van der Waals surface area contributed by atoms with Crippen molar-refractivity contribution in [2.24, 2.45) is 0 Å². The molecule has 10 heavy (non-hydrogen) atoms. The van der Waals surface area contributed by atoms with Crippen LogP contribution in [0.3, 0.4) is 0 Å². The van der Waals surface area contributed by atoms with Gasteiger partial charge in [-0.05, 0) is 6.07 Å². The summed E-state index contributed by atoms with van der Waals surface area (Å²) in [6.45, 7) is 0. The topological polar surface area (TPSA) is 43.6 Å². The summed E-state index contributed by atoms with van der Waals surface area (Å²) in [5, 5.41) is 0. The van der Waals surface area contributed by atoms with Crippen LogP contribution >= 0.6 is 12.0 Å². The first-order chi connectivity index (χ1) is 4.86. The molecule has 1 aromatic rings. The van der Waals surface area contributed by atoms with E-state index in [4.69, 9.17) is 9.29 Å². The largest absolute Gasteiger partial charge is 0.448 e. The number of aromatic amines is 1.